The highest BCUT2D eigenvalue weighted by Gasteiger charge is 2.20. The molecular weight excluding hydrogens is 516 g/mol. The van der Waals surface area contributed by atoms with Crippen LogP contribution in [0.3, 0.4) is 0 Å². The minimum absolute atomic E-state index is 0.0415. The van der Waals surface area contributed by atoms with Gasteiger partial charge in [-0.1, -0.05) is 17.8 Å². The average molecular weight is 535 g/mol. The van der Waals surface area contributed by atoms with E-state index < -0.39 is 17.8 Å². The lowest BCUT2D eigenvalue weighted by atomic mass is 10.1. The topological polar surface area (TPSA) is 126 Å². The number of carbonyl (C=O) groups is 3. The van der Waals surface area contributed by atoms with Crippen LogP contribution in [-0.2, 0) is 20.8 Å². The second-order valence-corrected chi connectivity index (χ2v) is 8.11. The van der Waals surface area contributed by atoms with Crippen LogP contribution in [0.25, 0.3) is 11.6 Å². The van der Waals surface area contributed by atoms with Gasteiger partial charge in [0.2, 0.25) is 11.7 Å². The van der Waals surface area contributed by atoms with Gasteiger partial charge in [-0.3, -0.25) is 9.36 Å². The van der Waals surface area contributed by atoms with Crippen LogP contribution in [0.2, 0.25) is 0 Å². The number of nitrogens with one attached hydrogen (secondary N) is 1. The largest absolute Gasteiger partial charge is 0.465 e. The normalized spacial score (nSPS) is 10.5. The van der Waals surface area contributed by atoms with Gasteiger partial charge in [-0.05, 0) is 46.3 Å². The number of furan rings is 1. The third-order valence-corrected chi connectivity index (χ3v) is 5.67. The number of methoxy groups -OCH3 is 2. The van der Waals surface area contributed by atoms with E-state index in [1.165, 1.54) is 32.4 Å². The first-order valence-corrected chi connectivity index (χ1v) is 11.2. The number of thioether (sulfide) groups is 1. The van der Waals surface area contributed by atoms with Gasteiger partial charge in [0, 0.05) is 6.54 Å². The molecule has 10 nitrogen and oxygen atoms in total. The van der Waals surface area contributed by atoms with Crippen molar-refractivity contribution < 1.29 is 28.3 Å². The molecule has 2 aromatic heterocycles. The maximum atomic E-state index is 12.6. The Morgan fingerprint density at radius 2 is 1.94 bits per heavy atom. The number of anilines is 1. The molecule has 3 aromatic rings. The number of rotatable bonds is 9. The van der Waals surface area contributed by atoms with E-state index in [0.29, 0.717) is 28.0 Å². The van der Waals surface area contributed by atoms with Gasteiger partial charge in [-0.15, -0.1) is 16.8 Å². The van der Waals surface area contributed by atoms with E-state index in [4.69, 9.17) is 13.9 Å². The molecule has 1 N–H and O–H groups in total. The summed E-state index contributed by atoms with van der Waals surface area (Å²) in [5, 5.41) is 11.4. The molecule has 0 aliphatic heterocycles. The summed E-state index contributed by atoms with van der Waals surface area (Å²) in [5.74, 6) is -0.736. The number of aromatic nitrogens is 3. The predicted octanol–water partition coefficient (Wildman–Crippen LogP) is 3.79. The summed E-state index contributed by atoms with van der Waals surface area (Å²) in [5.41, 5.74) is 0.404. The van der Waals surface area contributed by atoms with E-state index in [-0.39, 0.29) is 22.6 Å². The fraction of sp³-hybridized carbons (Fsp3) is 0.190. The summed E-state index contributed by atoms with van der Waals surface area (Å²) in [7, 11) is 2.46. The van der Waals surface area contributed by atoms with Crippen LogP contribution in [-0.4, -0.2) is 52.6 Å². The highest BCUT2D eigenvalue weighted by molar-refractivity contribution is 9.10. The third kappa shape index (κ3) is 5.71. The first-order valence-electron chi connectivity index (χ1n) is 9.41. The van der Waals surface area contributed by atoms with E-state index in [1.807, 2.05) is 0 Å². The molecule has 0 saturated carbocycles. The highest BCUT2D eigenvalue weighted by Crippen LogP contribution is 2.28. The SMILES string of the molecule is C=CCn1c(SCC(=O)Nc2cc(C(=O)OC)ccc2C(=O)OC)nnc1-c1ccc(Br)o1. The Balaban J connectivity index is 1.78. The van der Waals surface area contributed by atoms with Crippen molar-refractivity contribution in [1.82, 2.24) is 14.8 Å². The second-order valence-electron chi connectivity index (χ2n) is 6.39. The van der Waals surface area contributed by atoms with Gasteiger partial charge >= 0.3 is 11.9 Å². The molecule has 0 radical (unpaired) electrons. The number of nitrogens with zero attached hydrogens (tertiary/aromatic N) is 3. The molecule has 1 aromatic carbocycles. The lowest BCUT2D eigenvalue weighted by Crippen LogP contribution is -2.18. The van der Waals surface area contributed by atoms with E-state index in [1.54, 1.807) is 22.8 Å². The monoisotopic (exact) mass is 534 g/mol. The van der Waals surface area contributed by atoms with Crippen molar-refractivity contribution in [2.24, 2.45) is 0 Å². The van der Waals surface area contributed by atoms with Gasteiger partial charge in [-0.25, -0.2) is 9.59 Å². The van der Waals surface area contributed by atoms with Crippen molar-refractivity contribution in [1.29, 1.82) is 0 Å². The molecule has 0 unspecified atom stereocenters. The number of hydrogen-bond acceptors (Lipinski definition) is 9. The molecule has 3 rings (SSSR count). The summed E-state index contributed by atoms with van der Waals surface area (Å²) >= 11 is 4.40. The number of halogens is 1. The predicted molar refractivity (Wildman–Crippen MR) is 124 cm³/mol. The maximum absolute atomic E-state index is 12.6. The number of esters is 2. The number of carbonyl (C=O) groups excluding carboxylic acids is 3. The van der Waals surface area contributed by atoms with Crippen molar-refractivity contribution >= 4 is 51.2 Å². The zero-order chi connectivity index (χ0) is 24.0. The molecule has 0 atom stereocenters. The molecule has 0 bridgehead atoms. The maximum Gasteiger partial charge on any atom is 0.339 e. The molecule has 0 aliphatic carbocycles. The molecule has 1 amide bonds. The van der Waals surface area contributed by atoms with E-state index in [2.05, 4.69) is 38.0 Å². The summed E-state index contributed by atoms with van der Waals surface area (Å²) in [6.45, 7) is 4.15. The van der Waals surface area contributed by atoms with Gasteiger partial charge in [0.05, 0.1) is 36.8 Å². The summed E-state index contributed by atoms with van der Waals surface area (Å²) < 4.78 is 17.3. The molecule has 0 spiro atoms. The van der Waals surface area contributed by atoms with Crippen molar-refractivity contribution in [3.63, 3.8) is 0 Å². The Morgan fingerprint density at radius 3 is 2.58 bits per heavy atom. The van der Waals surface area contributed by atoms with Gasteiger partial charge in [-0.2, -0.15) is 0 Å². The zero-order valence-electron chi connectivity index (χ0n) is 17.7. The van der Waals surface area contributed by atoms with E-state index >= 15 is 0 Å². The van der Waals surface area contributed by atoms with Crippen molar-refractivity contribution in [3.8, 4) is 11.6 Å². The minimum atomic E-state index is -0.658. The van der Waals surface area contributed by atoms with Crippen LogP contribution in [0, 0.1) is 0 Å². The first-order chi connectivity index (χ1) is 15.9. The molecule has 0 fully saturated rings. The Kier molecular flexibility index (Phi) is 8.06. The quantitative estimate of drug-likeness (QED) is 0.248. The molecule has 0 aliphatic rings. The van der Waals surface area contributed by atoms with Gasteiger partial charge in [0.15, 0.2) is 15.6 Å². The number of allylic oxidation sites excluding steroid dienone is 1. The number of benzene rings is 1. The summed E-state index contributed by atoms with van der Waals surface area (Å²) in [6.07, 6.45) is 1.68. The van der Waals surface area contributed by atoms with E-state index in [0.717, 1.165) is 11.8 Å². The Hall–Kier alpha value is -3.38. The standard InChI is InChI=1S/C21H19BrN4O6S/c1-4-9-26-18(15-7-8-16(22)32-15)24-25-21(26)33-11-17(27)23-14-10-12(19(28)30-2)5-6-13(14)20(29)31-3/h4-8,10H,1,9,11H2,2-3H3,(H,23,27). The van der Waals surface area contributed by atoms with Crippen molar-refractivity contribution in [3.05, 3.63) is 58.8 Å². The van der Waals surface area contributed by atoms with Crippen molar-refractivity contribution in [2.45, 2.75) is 11.7 Å². The zero-order valence-corrected chi connectivity index (χ0v) is 20.1. The van der Waals surface area contributed by atoms with Gasteiger partial charge < -0.3 is 19.2 Å². The van der Waals surface area contributed by atoms with Gasteiger partial charge in [0.1, 0.15) is 0 Å². The van der Waals surface area contributed by atoms with Crippen LogP contribution in [0.15, 0.2) is 57.2 Å². The third-order valence-electron chi connectivity index (χ3n) is 4.27. The fourth-order valence-electron chi connectivity index (χ4n) is 2.80. The number of amides is 1. The molecule has 0 saturated heterocycles. The second kappa shape index (κ2) is 11.0. The molecular formula is C21H19BrN4O6S. The van der Waals surface area contributed by atoms with Crippen LogP contribution < -0.4 is 5.32 Å². The lowest BCUT2D eigenvalue weighted by Gasteiger charge is -2.11. The van der Waals surface area contributed by atoms with E-state index in [9.17, 15) is 14.4 Å². The molecule has 33 heavy (non-hydrogen) atoms. The van der Waals surface area contributed by atoms with Crippen molar-refractivity contribution in [2.75, 3.05) is 25.3 Å². The highest BCUT2D eigenvalue weighted by atomic mass is 79.9. The Morgan fingerprint density at radius 1 is 1.18 bits per heavy atom. The summed E-state index contributed by atoms with van der Waals surface area (Å²) in [6, 6.07) is 7.64. The number of ether oxygens (including phenoxy) is 2. The van der Waals surface area contributed by atoms with Crippen LogP contribution in [0.5, 0.6) is 0 Å². The Labute approximate surface area is 201 Å². The lowest BCUT2D eigenvalue weighted by molar-refractivity contribution is -0.113. The average Bonchev–Trinajstić information content (AvgIpc) is 3.42. The minimum Gasteiger partial charge on any atom is -0.465 e. The smallest absolute Gasteiger partial charge is 0.339 e. The summed E-state index contributed by atoms with van der Waals surface area (Å²) in [4.78, 5) is 36.6. The first kappa shape index (κ1) is 24.3. The van der Waals surface area contributed by atoms with Crippen LogP contribution in [0.4, 0.5) is 5.69 Å². The Bertz CT molecular complexity index is 1210. The fourth-order valence-corrected chi connectivity index (χ4v) is 3.86. The van der Waals surface area contributed by atoms with Gasteiger partial charge in [0.25, 0.3) is 0 Å². The van der Waals surface area contributed by atoms with Crippen LogP contribution in [0.1, 0.15) is 20.7 Å². The molecule has 2 heterocycles. The van der Waals surface area contributed by atoms with Crippen LogP contribution >= 0.6 is 27.7 Å². The molecule has 172 valence electrons. The molecule has 12 heteroatoms. The number of hydrogen-bond donors (Lipinski definition) is 1.